The number of nitrogens with zero attached hydrogens (tertiary/aromatic N) is 4. The summed E-state index contributed by atoms with van der Waals surface area (Å²) in [5, 5.41) is 12.0. The van der Waals surface area contributed by atoms with E-state index in [2.05, 4.69) is 36.3 Å². The van der Waals surface area contributed by atoms with Crippen LogP contribution in [-0.2, 0) is 11.3 Å². The van der Waals surface area contributed by atoms with Gasteiger partial charge in [-0.05, 0) is 34.1 Å². The Labute approximate surface area is 131 Å². The second-order valence-corrected chi connectivity index (χ2v) is 6.23. The van der Waals surface area contributed by atoms with Crippen molar-refractivity contribution in [3.05, 3.63) is 11.9 Å². The molecule has 0 spiro atoms. The predicted molar refractivity (Wildman–Crippen MR) is 87.8 cm³/mol. The van der Waals surface area contributed by atoms with Crippen LogP contribution in [0.25, 0.3) is 11.0 Å². The van der Waals surface area contributed by atoms with E-state index in [9.17, 15) is 4.79 Å². The van der Waals surface area contributed by atoms with Crippen molar-refractivity contribution in [1.82, 2.24) is 24.9 Å². The van der Waals surface area contributed by atoms with E-state index in [-0.39, 0.29) is 11.9 Å². The van der Waals surface area contributed by atoms with E-state index in [1.807, 2.05) is 29.4 Å². The fourth-order valence-electron chi connectivity index (χ4n) is 2.80. The summed E-state index contributed by atoms with van der Waals surface area (Å²) in [6.07, 6.45) is 4.37. The van der Waals surface area contributed by atoms with E-state index in [1.165, 1.54) is 0 Å². The SMILES string of the molecule is CCCC(C)NC(=O)CCn1ncc2c1c(C)nn2C(C)C. The molecule has 6 heteroatoms. The van der Waals surface area contributed by atoms with Gasteiger partial charge in [-0.3, -0.25) is 14.2 Å². The van der Waals surface area contributed by atoms with Gasteiger partial charge in [-0.25, -0.2) is 0 Å². The molecule has 0 saturated heterocycles. The minimum absolute atomic E-state index is 0.0819. The van der Waals surface area contributed by atoms with Crippen molar-refractivity contribution < 1.29 is 4.79 Å². The van der Waals surface area contributed by atoms with Gasteiger partial charge < -0.3 is 5.32 Å². The molecule has 1 N–H and O–H groups in total. The Morgan fingerprint density at radius 1 is 1.36 bits per heavy atom. The summed E-state index contributed by atoms with van der Waals surface area (Å²) in [7, 11) is 0. The Morgan fingerprint density at radius 3 is 2.73 bits per heavy atom. The van der Waals surface area contributed by atoms with Crippen molar-refractivity contribution in [2.75, 3.05) is 0 Å². The number of aryl methyl sites for hydroxylation is 2. The van der Waals surface area contributed by atoms with Gasteiger partial charge in [0.15, 0.2) is 0 Å². The Kier molecular flexibility index (Phi) is 5.21. The first kappa shape index (κ1) is 16.5. The highest BCUT2D eigenvalue weighted by Crippen LogP contribution is 2.21. The summed E-state index contributed by atoms with van der Waals surface area (Å²) in [4.78, 5) is 12.0. The summed E-state index contributed by atoms with van der Waals surface area (Å²) in [6.45, 7) is 10.9. The Morgan fingerprint density at radius 2 is 2.09 bits per heavy atom. The number of hydrogen-bond acceptors (Lipinski definition) is 3. The summed E-state index contributed by atoms with van der Waals surface area (Å²) < 4.78 is 3.87. The van der Waals surface area contributed by atoms with Crippen LogP contribution in [0.1, 0.15) is 58.7 Å². The zero-order chi connectivity index (χ0) is 16.3. The summed E-state index contributed by atoms with van der Waals surface area (Å²) in [6, 6.07) is 0.535. The normalized spacial score (nSPS) is 13.0. The number of carbonyl (C=O) groups is 1. The van der Waals surface area contributed by atoms with Crippen LogP contribution in [0.15, 0.2) is 6.20 Å². The lowest BCUT2D eigenvalue weighted by Gasteiger charge is -2.12. The first-order valence-corrected chi connectivity index (χ1v) is 8.14. The molecule has 1 amide bonds. The van der Waals surface area contributed by atoms with Gasteiger partial charge in [0, 0.05) is 18.5 Å². The van der Waals surface area contributed by atoms with Gasteiger partial charge in [-0.1, -0.05) is 13.3 Å². The van der Waals surface area contributed by atoms with E-state index in [1.54, 1.807) is 0 Å². The third-order valence-corrected chi connectivity index (χ3v) is 3.84. The topological polar surface area (TPSA) is 64.7 Å². The molecule has 1 atom stereocenters. The maximum Gasteiger partial charge on any atom is 0.222 e. The third kappa shape index (κ3) is 3.48. The fourth-order valence-corrected chi connectivity index (χ4v) is 2.80. The molecule has 2 rings (SSSR count). The highest BCUT2D eigenvalue weighted by atomic mass is 16.1. The molecule has 0 radical (unpaired) electrons. The van der Waals surface area contributed by atoms with Crippen molar-refractivity contribution >= 4 is 16.9 Å². The van der Waals surface area contributed by atoms with E-state index in [0.29, 0.717) is 19.0 Å². The number of fused-ring (bicyclic) bond motifs is 1. The lowest BCUT2D eigenvalue weighted by Crippen LogP contribution is -2.32. The summed E-state index contributed by atoms with van der Waals surface area (Å²) in [5.74, 6) is 0.0819. The third-order valence-electron chi connectivity index (χ3n) is 3.84. The molecule has 0 fully saturated rings. The molecule has 1 unspecified atom stereocenters. The van der Waals surface area contributed by atoms with Gasteiger partial charge in [0.05, 0.1) is 18.4 Å². The van der Waals surface area contributed by atoms with E-state index in [0.717, 1.165) is 29.6 Å². The lowest BCUT2D eigenvalue weighted by atomic mass is 10.2. The first-order valence-electron chi connectivity index (χ1n) is 8.14. The van der Waals surface area contributed by atoms with Crippen LogP contribution >= 0.6 is 0 Å². The molecule has 0 bridgehead atoms. The molecule has 122 valence electrons. The molecule has 2 heterocycles. The van der Waals surface area contributed by atoms with Gasteiger partial charge >= 0.3 is 0 Å². The van der Waals surface area contributed by atoms with Crippen LogP contribution in [0.5, 0.6) is 0 Å². The van der Waals surface area contributed by atoms with Gasteiger partial charge in [0.25, 0.3) is 0 Å². The van der Waals surface area contributed by atoms with Crippen molar-refractivity contribution in [3.63, 3.8) is 0 Å². The van der Waals surface area contributed by atoms with Crippen LogP contribution < -0.4 is 5.32 Å². The Balaban J connectivity index is 2.05. The molecule has 2 aromatic rings. The van der Waals surface area contributed by atoms with Crippen LogP contribution in [0.4, 0.5) is 0 Å². The molecule has 0 saturated carbocycles. The molecular formula is C16H27N5O. The highest BCUT2D eigenvalue weighted by molar-refractivity contribution is 5.79. The minimum Gasteiger partial charge on any atom is -0.354 e. The molecular weight excluding hydrogens is 278 g/mol. The van der Waals surface area contributed by atoms with Crippen LogP contribution in [0, 0.1) is 6.92 Å². The molecule has 0 aliphatic rings. The average Bonchev–Trinajstić information content (AvgIpc) is 2.98. The smallest absolute Gasteiger partial charge is 0.222 e. The second-order valence-electron chi connectivity index (χ2n) is 6.23. The Bertz CT molecular complexity index is 640. The van der Waals surface area contributed by atoms with Crippen molar-refractivity contribution in [2.24, 2.45) is 0 Å². The van der Waals surface area contributed by atoms with Gasteiger partial charge in [-0.2, -0.15) is 10.2 Å². The van der Waals surface area contributed by atoms with Gasteiger partial charge in [0.1, 0.15) is 11.0 Å². The van der Waals surface area contributed by atoms with Gasteiger partial charge in [-0.15, -0.1) is 0 Å². The summed E-state index contributed by atoms with van der Waals surface area (Å²) in [5.41, 5.74) is 3.02. The van der Waals surface area contributed by atoms with Crippen molar-refractivity contribution in [2.45, 2.75) is 72.5 Å². The number of nitrogens with one attached hydrogen (secondary N) is 1. The average molecular weight is 305 g/mol. The van der Waals surface area contributed by atoms with E-state index < -0.39 is 0 Å². The summed E-state index contributed by atoms with van der Waals surface area (Å²) >= 11 is 0. The standard InChI is InChI=1S/C16H27N5O/c1-6-7-12(4)18-15(22)8-9-20-16-13(5)19-21(11(2)3)14(16)10-17-20/h10-12H,6-9H2,1-5H3,(H,18,22). The van der Waals surface area contributed by atoms with Crippen LogP contribution in [0.2, 0.25) is 0 Å². The second kappa shape index (κ2) is 6.94. The lowest BCUT2D eigenvalue weighted by molar-refractivity contribution is -0.121. The van der Waals surface area contributed by atoms with Gasteiger partial charge in [0.2, 0.25) is 5.91 Å². The zero-order valence-electron chi connectivity index (χ0n) is 14.3. The largest absolute Gasteiger partial charge is 0.354 e. The molecule has 0 aliphatic carbocycles. The molecule has 2 aromatic heterocycles. The maximum absolute atomic E-state index is 12.0. The van der Waals surface area contributed by atoms with E-state index in [4.69, 9.17) is 0 Å². The van der Waals surface area contributed by atoms with Crippen molar-refractivity contribution in [3.8, 4) is 0 Å². The molecule has 6 nitrogen and oxygen atoms in total. The van der Waals surface area contributed by atoms with Crippen LogP contribution in [-0.4, -0.2) is 31.5 Å². The van der Waals surface area contributed by atoms with E-state index >= 15 is 0 Å². The number of carbonyl (C=O) groups excluding carboxylic acids is 1. The minimum atomic E-state index is 0.0819. The quantitative estimate of drug-likeness (QED) is 0.855. The number of hydrogen-bond donors (Lipinski definition) is 1. The Hall–Kier alpha value is -1.85. The van der Waals surface area contributed by atoms with Crippen LogP contribution in [0.3, 0.4) is 0 Å². The highest BCUT2D eigenvalue weighted by Gasteiger charge is 2.16. The molecule has 22 heavy (non-hydrogen) atoms. The number of aromatic nitrogens is 4. The predicted octanol–water partition coefficient (Wildman–Crippen LogP) is 2.82. The maximum atomic E-state index is 12.0. The zero-order valence-corrected chi connectivity index (χ0v) is 14.3. The number of amides is 1. The molecule has 0 aromatic carbocycles. The first-order chi connectivity index (χ1) is 10.4. The fraction of sp³-hybridized carbons (Fsp3) is 0.688. The monoisotopic (exact) mass is 305 g/mol. The molecule has 0 aliphatic heterocycles. The number of rotatable bonds is 7. The van der Waals surface area contributed by atoms with Crippen molar-refractivity contribution in [1.29, 1.82) is 0 Å².